The fourth-order valence-corrected chi connectivity index (χ4v) is 3.76. The van der Waals surface area contributed by atoms with Crippen molar-refractivity contribution in [2.75, 3.05) is 19.6 Å². The molecule has 0 aliphatic carbocycles. The molecule has 3 amide bonds. The number of carbonyl (C=O) groups excluding carboxylic acids is 3. The second kappa shape index (κ2) is 7.68. The van der Waals surface area contributed by atoms with Crippen LogP contribution in [0, 0.1) is 5.92 Å². The van der Waals surface area contributed by atoms with Crippen molar-refractivity contribution in [3.8, 4) is 0 Å². The van der Waals surface area contributed by atoms with Crippen LogP contribution in [0.4, 0.5) is 0 Å². The van der Waals surface area contributed by atoms with E-state index in [4.69, 9.17) is 0 Å². The van der Waals surface area contributed by atoms with Crippen molar-refractivity contribution in [3.63, 3.8) is 0 Å². The number of nitrogens with zero attached hydrogens (tertiary/aromatic N) is 1. The van der Waals surface area contributed by atoms with Gasteiger partial charge in [0.25, 0.3) is 0 Å². The van der Waals surface area contributed by atoms with Gasteiger partial charge in [-0.3, -0.25) is 14.4 Å². The molecule has 0 spiro atoms. The first kappa shape index (κ1) is 17.5. The highest BCUT2D eigenvalue weighted by atomic mass is 16.2. The Morgan fingerprint density at radius 3 is 2.88 bits per heavy atom. The Labute approximate surface area is 148 Å². The van der Waals surface area contributed by atoms with E-state index in [1.54, 1.807) is 11.8 Å². The highest BCUT2D eigenvalue weighted by Gasteiger charge is 2.31. The van der Waals surface area contributed by atoms with Crippen molar-refractivity contribution in [2.24, 2.45) is 5.92 Å². The molecule has 0 radical (unpaired) electrons. The molecule has 0 bridgehead atoms. The van der Waals surface area contributed by atoms with Gasteiger partial charge in [0, 0.05) is 26.6 Å². The molecule has 0 saturated carbocycles. The molecule has 1 aromatic rings. The van der Waals surface area contributed by atoms with Crippen LogP contribution in [0.1, 0.15) is 43.4 Å². The normalized spacial score (nSPS) is 22.8. The van der Waals surface area contributed by atoms with Crippen LogP contribution in [0.15, 0.2) is 24.3 Å². The maximum atomic E-state index is 12.5. The van der Waals surface area contributed by atoms with E-state index in [1.165, 1.54) is 5.56 Å². The van der Waals surface area contributed by atoms with Crippen LogP contribution in [0.5, 0.6) is 0 Å². The molecule has 1 fully saturated rings. The zero-order valence-corrected chi connectivity index (χ0v) is 14.6. The van der Waals surface area contributed by atoms with E-state index >= 15 is 0 Å². The second-order valence-corrected chi connectivity index (χ2v) is 6.82. The first-order chi connectivity index (χ1) is 12.1. The van der Waals surface area contributed by atoms with Gasteiger partial charge in [-0.15, -0.1) is 0 Å². The van der Waals surface area contributed by atoms with Gasteiger partial charge in [0.2, 0.25) is 17.7 Å². The van der Waals surface area contributed by atoms with Gasteiger partial charge >= 0.3 is 0 Å². The molecule has 6 nitrogen and oxygen atoms in total. The van der Waals surface area contributed by atoms with Crippen molar-refractivity contribution in [1.29, 1.82) is 0 Å². The number of amides is 3. The minimum Gasteiger partial charge on any atom is -0.356 e. The van der Waals surface area contributed by atoms with E-state index in [0.717, 1.165) is 31.4 Å². The molecular formula is C19H25N3O3. The van der Waals surface area contributed by atoms with Crippen LogP contribution in [-0.4, -0.2) is 42.3 Å². The van der Waals surface area contributed by atoms with E-state index in [-0.39, 0.29) is 36.1 Å². The highest BCUT2D eigenvalue weighted by Crippen LogP contribution is 2.32. The van der Waals surface area contributed by atoms with Crippen LogP contribution < -0.4 is 10.6 Å². The van der Waals surface area contributed by atoms with Gasteiger partial charge in [-0.25, -0.2) is 0 Å². The monoisotopic (exact) mass is 343 g/mol. The highest BCUT2D eigenvalue weighted by molar-refractivity contribution is 5.82. The standard InChI is InChI=1S/C19H25N3O3/c1-13(23)22-10-8-14-5-2-3-7-16(14)17(22)11-18(24)21-12-15-6-4-9-20-19(15)25/h2-3,5,7,15,17H,4,6,8-12H2,1H3,(H,20,25)(H,21,24). The maximum absolute atomic E-state index is 12.5. The molecule has 2 heterocycles. The summed E-state index contributed by atoms with van der Waals surface area (Å²) < 4.78 is 0. The quantitative estimate of drug-likeness (QED) is 0.861. The molecule has 25 heavy (non-hydrogen) atoms. The number of benzene rings is 1. The number of piperidine rings is 1. The fraction of sp³-hybridized carbons (Fsp3) is 0.526. The molecule has 3 rings (SSSR count). The predicted octanol–water partition coefficient (Wildman–Crippen LogP) is 1.16. The molecule has 2 atom stereocenters. The third-order valence-electron chi connectivity index (χ3n) is 5.14. The van der Waals surface area contributed by atoms with Crippen LogP contribution >= 0.6 is 0 Å². The lowest BCUT2D eigenvalue weighted by molar-refractivity contribution is -0.133. The average Bonchev–Trinajstić information content (AvgIpc) is 2.61. The molecule has 2 unspecified atom stereocenters. The van der Waals surface area contributed by atoms with Crippen molar-refractivity contribution < 1.29 is 14.4 Å². The van der Waals surface area contributed by atoms with Gasteiger partial charge in [0.05, 0.1) is 18.4 Å². The van der Waals surface area contributed by atoms with E-state index in [1.807, 2.05) is 18.2 Å². The molecule has 2 aliphatic rings. The topological polar surface area (TPSA) is 78.5 Å². The lowest BCUT2D eigenvalue weighted by Gasteiger charge is -2.36. The minimum absolute atomic E-state index is 0.0138. The average molecular weight is 343 g/mol. The van der Waals surface area contributed by atoms with Gasteiger partial charge < -0.3 is 15.5 Å². The fourth-order valence-electron chi connectivity index (χ4n) is 3.76. The van der Waals surface area contributed by atoms with Crippen molar-refractivity contribution >= 4 is 17.7 Å². The molecule has 2 N–H and O–H groups in total. The summed E-state index contributed by atoms with van der Waals surface area (Å²) >= 11 is 0. The predicted molar refractivity (Wildman–Crippen MR) is 93.6 cm³/mol. The van der Waals surface area contributed by atoms with Crippen LogP contribution in [0.3, 0.4) is 0 Å². The summed E-state index contributed by atoms with van der Waals surface area (Å²) in [7, 11) is 0. The van der Waals surface area contributed by atoms with Gasteiger partial charge in [0.15, 0.2) is 0 Å². The zero-order valence-electron chi connectivity index (χ0n) is 14.6. The van der Waals surface area contributed by atoms with Gasteiger partial charge in [-0.2, -0.15) is 0 Å². The van der Waals surface area contributed by atoms with E-state index in [2.05, 4.69) is 16.7 Å². The van der Waals surface area contributed by atoms with E-state index in [9.17, 15) is 14.4 Å². The van der Waals surface area contributed by atoms with Crippen molar-refractivity contribution in [1.82, 2.24) is 15.5 Å². The number of nitrogens with one attached hydrogen (secondary N) is 2. The largest absolute Gasteiger partial charge is 0.356 e. The lowest BCUT2D eigenvalue weighted by Crippen LogP contribution is -2.44. The molecular weight excluding hydrogens is 318 g/mol. The molecule has 2 aliphatic heterocycles. The van der Waals surface area contributed by atoms with Crippen LogP contribution in [0.25, 0.3) is 0 Å². The number of hydrogen-bond acceptors (Lipinski definition) is 3. The van der Waals surface area contributed by atoms with E-state index < -0.39 is 0 Å². The Kier molecular flexibility index (Phi) is 5.36. The Morgan fingerprint density at radius 2 is 2.12 bits per heavy atom. The summed E-state index contributed by atoms with van der Waals surface area (Å²) in [5.41, 5.74) is 2.25. The minimum atomic E-state index is -0.234. The van der Waals surface area contributed by atoms with E-state index in [0.29, 0.717) is 13.1 Å². The summed E-state index contributed by atoms with van der Waals surface area (Å²) in [4.78, 5) is 38.0. The summed E-state index contributed by atoms with van der Waals surface area (Å²) in [6, 6.07) is 7.75. The van der Waals surface area contributed by atoms with Gasteiger partial charge in [-0.1, -0.05) is 24.3 Å². The van der Waals surface area contributed by atoms with Gasteiger partial charge in [-0.05, 0) is 30.4 Å². The Morgan fingerprint density at radius 1 is 1.32 bits per heavy atom. The molecule has 134 valence electrons. The third-order valence-corrected chi connectivity index (χ3v) is 5.14. The Hall–Kier alpha value is -2.37. The smallest absolute Gasteiger partial charge is 0.224 e. The number of rotatable bonds is 4. The Bertz CT molecular complexity index is 674. The number of hydrogen-bond donors (Lipinski definition) is 2. The lowest BCUT2D eigenvalue weighted by atomic mass is 9.90. The summed E-state index contributed by atoms with van der Waals surface area (Å²) in [6.45, 7) is 3.26. The molecule has 1 aromatic carbocycles. The number of fused-ring (bicyclic) bond motifs is 1. The third kappa shape index (κ3) is 4.00. The molecule has 0 aromatic heterocycles. The number of carbonyl (C=O) groups is 3. The van der Waals surface area contributed by atoms with Gasteiger partial charge in [0.1, 0.15) is 0 Å². The summed E-state index contributed by atoms with van der Waals surface area (Å²) in [6.07, 6.45) is 2.79. The second-order valence-electron chi connectivity index (χ2n) is 6.82. The summed E-state index contributed by atoms with van der Waals surface area (Å²) in [5, 5.41) is 5.71. The van der Waals surface area contributed by atoms with Crippen molar-refractivity contribution in [2.45, 2.75) is 38.6 Å². The first-order valence-electron chi connectivity index (χ1n) is 8.95. The summed E-state index contributed by atoms with van der Waals surface area (Å²) in [5.74, 6) is -0.273. The molecule has 1 saturated heterocycles. The maximum Gasteiger partial charge on any atom is 0.224 e. The molecule has 6 heteroatoms. The zero-order chi connectivity index (χ0) is 17.8. The van der Waals surface area contributed by atoms with Crippen LogP contribution in [0.2, 0.25) is 0 Å². The first-order valence-corrected chi connectivity index (χ1v) is 8.95. The van der Waals surface area contributed by atoms with Crippen LogP contribution in [-0.2, 0) is 20.8 Å². The SMILES string of the molecule is CC(=O)N1CCc2ccccc2C1CC(=O)NCC1CCCNC1=O. The van der Waals surface area contributed by atoms with Crippen molar-refractivity contribution in [3.05, 3.63) is 35.4 Å². The Balaban J connectivity index is 1.65.